The summed E-state index contributed by atoms with van der Waals surface area (Å²) in [6, 6.07) is 13.8. The first kappa shape index (κ1) is 19.8. The lowest BCUT2D eigenvalue weighted by Crippen LogP contribution is -2.39. The molecule has 2 aromatic carbocycles. The van der Waals surface area contributed by atoms with E-state index in [0.717, 1.165) is 11.1 Å². The van der Waals surface area contributed by atoms with Gasteiger partial charge in [-0.1, -0.05) is 41.0 Å². The average Bonchev–Trinajstić information content (AvgIpc) is 3.14. The van der Waals surface area contributed by atoms with Gasteiger partial charge in [-0.05, 0) is 29.8 Å². The van der Waals surface area contributed by atoms with Crippen molar-refractivity contribution in [1.29, 1.82) is 0 Å². The Hall–Kier alpha value is -2.93. The van der Waals surface area contributed by atoms with Gasteiger partial charge in [0.1, 0.15) is 5.82 Å². The topological polar surface area (TPSA) is 66.5 Å². The Balaban J connectivity index is 1.53. The van der Waals surface area contributed by atoms with E-state index in [1.807, 2.05) is 30.1 Å². The quantitative estimate of drug-likeness (QED) is 0.503. The number of benzene rings is 2. The average molecular weight is 402 g/mol. The van der Waals surface area contributed by atoms with Gasteiger partial charge < -0.3 is 14.7 Å². The van der Waals surface area contributed by atoms with E-state index >= 15 is 0 Å². The van der Waals surface area contributed by atoms with E-state index in [9.17, 15) is 4.39 Å². The number of hydrogen-bond donors (Lipinski definition) is 1. The zero-order valence-corrected chi connectivity index (χ0v) is 16.4. The maximum Gasteiger partial charge on any atom is 0.228 e. The highest BCUT2D eigenvalue weighted by Gasteiger charge is 2.11. The Labute approximate surface area is 168 Å². The van der Waals surface area contributed by atoms with Gasteiger partial charge in [0.15, 0.2) is 5.96 Å². The predicted molar refractivity (Wildman–Crippen MR) is 108 cm³/mol. The van der Waals surface area contributed by atoms with Gasteiger partial charge in [0.2, 0.25) is 11.7 Å². The van der Waals surface area contributed by atoms with Crippen molar-refractivity contribution in [3.63, 3.8) is 0 Å². The van der Waals surface area contributed by atoms with Crippen LogP contribution in [0, 0.1) is 5.82 Å². The second kappa shape index (κ2) is 9.32. The van der Waals surface area contributed by atoms with E-state index in [2.05, 4.69) is 20.4 Å². The molecule has 28 heavy (non-hydrogen) atoms. The minimum absolute atomic E-state index is 0.249. The fourth-order valence-electron chi connectivity index (χ4n) is 2.75. The van der Waals surface area contributed by atoms with Crippen LogP contribution in [0.15, 0.2) is 58.0 Å². The van der Waals surface area contributed by atoms with Gasteiger partial charge in [-0.3, -0.25) is 4.99 Å². The highest BCUT2D eigenvalue weighted by Crippen LogP contribution is 2.19. The molecule has 0 aliphatic heterocycles. The van der Waals surface area contributed by atoms with Gasteiger partial charge >= 0.3 is 0 Å². The number of guanidine groups is 1. The summed E-state index contributed by atoms with van der Waals surface area (Å²) < 4.78 is 18.6. The molecule has 8 heteroatoms. The molecule has 3 aromatic rings. The first-order valence-corrected chi connectivity index (χ1v) is 9.17. The normalized spacial score (nSPS) is 11.5. The van der Waals surface area contributed by atoms with Crippen molar-refractivity contribution < 1.29 is 8.91 Å². The largest absolute Gasteiger partial charge is 0.356 e. The Morgan fingerprint density at radius 3 is 2.82 bits per heavy atom. The monoisotopic (exact) mass is 401 g/mol. The summed E-state index contributed by atoms with van der Waals surface area (Å²) in [5.41, 5.74) is 1.68. The molecule has 0 amide bonds. The Morgan fingerprint density at radius 2 is 2.07 bits per heavy atom. The number of hydrogen-bond acceptors (Lipinski definition) is 4. The molecule has 0 unspecified atom stereocenters. The van der Waals surface area contributed by atoms with Gasteiger partial charge in [0.05, 0.1) is 0 Å². The molecule has 0 fully saturated rings. The molecule has 1 N–H and O–H groups in total. The van der Waals surface area contributed by atoms with E-state index in [1.54, 1.807) is 25.2 Å². The van der Waals surface area contributed by atoms with E-state index in [4.69, 9.17) is 16.1 Å². The lowest BCUT2D eigenvalue weighted by molar-refractivity contribution is 0.377. The summed E-state index contributed by atoms with van der Waals surface area (Å²) in [7, 11) is 3.60. The molecule has 1 heterocycles. The standard InChI is InChI=1S/C20H21ClFN5O/c1-23-20(27(2)13-14-5-3-8-17(22)11-14)24-10-9-18-25-19(26-28-18)15-6-4-7-16(21)12-15/h3-8,11-12H,9-10,13H2,1-2H3,(H,23,24). The third-order valence-electron chi connectivity index (χ3n) is 4.06. The molecule has 146 valence electrons. The first-order valence-electron chi connectivity index (χ1n) is 8.80. The third-order valence-corrected chi connectivity index (χ3v) is 4.29. The maximum atomic E-state index is 13.3. The van der Waals surface area contributed by atoms with Gasteiger partial charge in [0, 0.05) is 44.2 Å². The molecule has 0 atom stereocenters. The fraction of sp³-hybridized carbons (Fsp3) is 0.250. The molecule has 0 aliphatic rings. The predicted octanol–water partition coefficient (Wildman–Crippen LogP) is 3.78. The number of rotatable bonds is 6. The maximum absolute atomic E-state index is 13.3. The number of aliphatic imine (C=N–C) groups is 1. The lowest BCUT2D eigenvalue weighted by atomic mass is 10.2. The van der Waals surface area contributed by atoms with Crippen molar-refractivity contribution in [3.8, 4) is 11.4 Å². The van der Waals surface area contributed by atoms with E-state index in [-0.39, 0.29) is 5.82 Å². The Morgan fingerprint density at radius 1 is 1.25 bits per heavy atom. The fourth-order valence-corrected chi connectivity index (χ4v) is 2.94. The van der Waals surface area contributed by atoms with Gasteiger partial charge in [0.25, 0.3) is 0 Å². The minimum atomic E-state index is -0.249. The summed E-state index contributed by atoms with van der Waals surface area (Å²) in [5.74, 6) is 1.47. The van der Waals surface area contributed by atoms with Crippen molar-refractivity contribution in [1.82, 2.24) is 20.4 Å². The molecule has 6 nitrogen and oxygen atoms in total. The van der Waals surface area contributed by atoms with Gasteiger partial charge in [-0.2, -0.15) is 4.98 Å². The number of nitrogens with zero attached hydrogens (tertiary/aromatic N) is 4. The molecule has 0 spiro atoms. The summed E-state index contributed by atoms with van der Waals surface area (Å²) in [4.78, 5) is 10.6. The van der Waals surface area contributed by atoms with E-state index in [1.165, 1.54) is 12.1 Å². The molecule has 0 saturated heterocycles. The van der Waals surface area contributed by atoms with Gasteiger partial charge in [-0.15, -0.1) is 0 Å². The SMILES string of the molecule is CN=C(NCCc1nc(-c2cccc(Cl)c2)no1)N(C)Cc1cccc(F)c1. The van der Waals surface area contributed by atoms with Crippen LogP contribution in [-0.4, -0.2) is 41.6 Å². The zero-order chi connectivity index (χ0) is 19.9. The second-order valence-corrected chi connectivity index (χ2v) is 6.67. The van der Waals surface area contributed by atoms with Crippen LogP contribution in [0.25, 0.3) is 11.4 Å². The smallest absolute Gasteiger partial charge is 0.228 e. The Bertz CT molecular complexity index is 959. The molecule has 3 rings (SSSR count). The van der Waals surface area contributed by atoms with Crippen LogP contribution >= 0.6 is 11.6 Å². The van der Waals surface area contributed by atoms with Crippen LogP contribution in [-0.2, 0) is 13.0 Å². The van der Waals surface area contributed by atoms with E-state index in [0.29, 0.717) is 42.2 Å². The highest BCUT2D eigenvalue weighted by molar-refractivity contribution is 6.30. The van der Waals surface area contributed by atoms with Crippen LogP contribution in [0.3, 0.4) is 0 Å². The zero-order valence-electron chi connectivity index (χ0n) is 15.7. The molecule has 0 saturated carbocycles. The molecular weight excluding hydrogens is 381 g/mol. The van der Waals surface area contributed by atoms with Crippen molar-refractivity contribution in [3.05, 3.63) is 70.8 Å². The van der Waals surface area contributed by atoms with Crippen LogP contribution < -0.4 is 5.32 Å². The summed E-state index contributed by atoms with van der Waals surface area (Å²) in [6.45, 7) is 1.11. The summed E-state index contributed by atoms with van der Waals surface area (Å²) in [5, 5.41) is 7.86. The number of aromatic nitrogens is 2. The Kier molecular flexibility index (Phi) is 6.60. The van der Waals surface area contributed by atoms with Crippen molar-refractivity contribution in [2.45, 2.75) is 13.0 Å². The van der Waals surface area contributed by atoms with Crippen LogP contribution in [0.1, 0.15) is 11.5 Å². The van der Waals surface area contributed by atoms with Gasteiger partial charge in [-0.25, -0.2) is 4.39 Å². The molecule has 0 radical (unpaired) electrons. The van der Waals surface area contributed by atoms with Crippen molar-refractivity contribution >= 4 is 17.6 Å². The van der Waals surface area contributed by atoms with Crippen molar-refractivity contribution in [2.75, 3.05) is 20.6 Å². The summed E-state index contributed by atoms with van der Waals surface area (Å²) in [6.07, 6.45) is 0.542. The molecule has 1 aromatic heterocycles. The third kappa shape index (κ3) is 5.29. The number of nitrogens with one attached hydrogen (secondary N) is 1. The highest BCUT2D eigenvalue weighted by atomic mass is 35.5. The number of halogens is 2. The summed E-state index contributed by atoms with van der Waals surface area (Å²) >= 11 is 6.00. The molecular formula is C20H21ClFN5O. The lowest BCUT2D eigenvalue weighted by Gasteiger charge is -2.22. The van der Waals surface area contributed by atoms with E-state index < -0.39 is 0 Å². The van der Waals surface area contributed by atoms with Crippen LogP contribution in [0.4, 0.5) is 4.39 Å². The van der Waals surface area contributed by atoms with Crippen molar-refractivity contribution in [2.24, 2.45) is 4.99 Å². The molecule has 0 aliphatic carbocycles. The van der Waals surface area contributed by atoms with Crippen LogP contribution in [0.5, 0.6) is 0 Å². The second-order valence-electron chi connectivity index (χ2n) is 6.23. The first-order chi connectivity index (χ1) is 13.5. The minimum Gasteiger partial charge on any atom is -0.356 e. The van der Waals surface area contributed by atoms with Crippen LogP contribution in [0.2, 0.25) is 5.02 Å². The molecule has 0 bridgehead atoms.